The number of halogens is 1. The molecule has 0 aliphatic carbocycles. The van der Waals surface area contributed by atoms with Crippen molar-refractivity contribution in [1.82, 2.24) is 4.98 Å². The van der Waals surface area contributed by atoms with Crippen molar-refractivity contribution >= 4 is 11.6 Å². The molecular weight excluding hydrogens is 150 g/mol. The van der Waals surface area contributed by atoms with E-state index in [1.54, 1.807) is 0 Å². The first-order chi connectivity index (χ1) is 4.72. The molecule has 0 bridgehead atoms. The van der Waals surface area contributed by atoms with Gasteiger partial charge in [-0.25, -0.2) is 0 Å². The second-order valence-corrected chi connectivity index (χ2v) is 2.44. The van der Waals surface area contributed by atoms with E-state index in [1.807, 2.05) is 13.0 Å². The van der Waals surface area contributed by atoms with E-state index in [9.17, 15) is 4.79 Å². The zero-order valence-electron chi connectivity index (χ0n) is 5.65. The monoisotopic (exact) mass is 157 g/mol. The number of hydrogen-bond donors (Lipinski definition) is 1. The molecule has 1 rings (SSSR count). The Hall–Kier alpha value is -0.760. The van der Waals surface area contributed by atoms with Gasteiger partial charge in [-0.2, -0.15) is 0 Å². The van der Waals surface area contributed by atoms with Crippen molar-refractivity contribution in [1.29, 1.82) is 0 Å². The van der Waals surface area contributed by atoms with Crippen molar-refractivity contribution in [3.05, 3.63) is 33.7 Å². The van der Waals surface area contributed by atoms with Gasteiger partial charge in [-0.05, 0) is 18.6 Å². The summed E-state index contributed by atoms with van der Waals surface area (Å²) < 4.78 is 0. The van der Waals surface area contributed by atoms with Crippen LogP contribution in [0.3, 0.4) is 0 Å². The topological polar surface area (TPSA) is 32.9 Å². The third-order valence-corrected chi connectivity index (χ3v) is 1.50. The molecule has 1 N–H and O–H groups in total. The number of pyridine rings is 1. The normalized spacial score (nSPS) is 9.80. The third kappa shape index (κ3) is 1.61. The minimum absolute atomic E-state index is 0.0874. The highest BCUT2D eigenvalue weighted by molar-refractivity contribution is 6.17. The van der Waals surface area contributed by atoms with Crippen molar-refractivity contribution < 1.29 is 0 Å². The van der Waals surface area contributed by atoms with Crippen LogP contribution in [-0.4, -0.2) is 4.98 Å². The van der Waals surface area contributed by atoms with E-state index in [4.69, 9.17) is 11.6 Å². The number of hydrogen-bond acceptors (Lipinski definition) is 1. The molecule has 0 spiro atoms. The second-order valence-electron chi connectivity index (χ2n) is 2.17. The Morgan fingerprint density at radius 2 is 2.30 bits per heavy atom. The number of H-pyrrole nitrogens is 1. The van der Waals surface area contributed by atoms with E-state index in [-0.39, 0.29) is 5.56 Å². The molecule has 0 saturated heterocycles. The summed E-state index contributed by atoms with van der Waals surface area (Å²) >= 11 is 5.52. The molecule has 0 atom stereocenters. The quantitative estimate of drug-likeness (QED) is 0.615. The van der Waals surface area contributed by atoms with Gasteiger partial charge in [0.05, 0.1) is 0 Å². The largest absolute Gasteiger partial charge is 0.326 e. The van der Waals surface area contributed by atoms with Crippen molar-refractivity contribution in [2.75, 3.05) is 0 Å². The molecular formula is C7H8ClNO. The van der Waals surface area contributed by atoms with Gasteiger partial charge in [-0.3, -0.25) is 4.79 Å². The van der Waals surface area contributed by atoms with Crippen molar-refractivity contribution in [3.8, 4) is 0 Å². The van der Waals surface area contributed by atoms with Crippen LogP contribution in [0, 0.1) is 6.92 Å². The Bertz CT molecular complexity index is 279. The number of alkyl halides is 1. The SMILES string of the molecule is Cc1cc(CCl)cc(=O)[nH]1. The summed E-state index contributed by atoms with van der Waals surface area (Å²) in [6, 6.07) is 3.36. The molecule has 54 valence electrons. The van der Waals surface area contributed by atoms with Crippen LogP contribution < -0.4 is 5.56 Å². The molecule has 0 amide bonds. The van der Waals surface area contributed by atoms with Gasteiger partial charge >= 0.3 is 0 Å². The Kier molecular flexibility index (Phi) is 2.12. The lowest BCUT2D eigenvalue weighted by molar-refractivity contribution is 1.11. The minimum atomic E-state index is -0.0874. The van der Waals surface area contributed by atoms with E-state index in [1.165, 1.54) is 6.07 Å². The van der Waals surface area contributed by atoms with Crippen LogP contribution in [-0.2, 0) is 5.88 Å². The average Bonchev–Trinajstić information content (AvgIpc) is 1.85. The molecule has 1 aromatic rings. The maximum absolute atomic E-state index is 10.8. The zero-order valence-corrected chi connectivity index (χ0v) is 6.40. The zero-order chi connectivity index (χ0) is 7.56. The maximum Gasteiger partial charge on any atom is 0.248 e. The van der Waals surface area contributed by atoms with Gasteiger partial charge < -0.3 is 4.98 Å². The first-order valence-electron chi connectivity index (χ1n) is 2.98. The van der Waals surface area contributed by atoms with Gasteiger partial charge in [0.2, 0.25) is 5.56 Å². The summed E-state index contributed by atoms with van der Waals surface area (Å²) in [6.07, 6.45) is 0. The highest BCUT2D eigenvalue weighted by atomic mass is 35.5. The molecule has 1 heterocycles. The van der Waals surface area contributed by atoms with Gasteiger partial charge in [0.1, 0.15) is 0 Å². The number of rotatable bonds is 1. The Morgan fingerprint density at radius 1 is 1.60 bits per heavy atom. The molecule has 1 aromatic heterocycles. The summed E-state index contributed by atoms with van der Waals surface area (Å²) in [5, 5.41) is 0. The van der Waals surface area contributed by atoms with Gasteiger partial charge in [0.25, 0.3) is 0 Å². The standard InChI is InChI=1S/C7H8ClNO/c1-5-2-6(4-8)3-7(10)9-5/h2-3H,4H2,1H3,(H,9,10). The molecule has 0 saturated carbocycles. The maximum atomic E-state index is 10.8. The van der Waals surface area contributed by atoms with Crippen LogP contribution in [0.2, 0.25) is 0 Å². The lowest BCUT2D eigenvalue weighted by atomic mass is 10.2. The predicted octanol–water partition coefficient (Wildman–Crippen LogP) is 1.42. The van der Waals surface area contributed by atoms with Crippen molar-refractivity contribution in [2.24, 2.45) is 0 Å². The molecule has 10 heavy (non-hydrogen) atoms. The van der Waals surface area contributed by atoms with Gasteiger partial charge in [0.15, 0.2) is 0 Å². The molecule has 0 fully saturated rings. The lowest BCUT2D eigenvalue weighted by Gasteiger charge is -1.94. The van der Waals surface area contributed by atoms with Crippen LogP contribution in [0.5, 0.6) is 0 Å². The highest BCUT2D eigenvalue weighted by Gasteiger charge is 1.92. The Balaban J connectivity index is 3.19. The first kappa shape index (κ1) is 7.35. The predicted molar refractivity (Wildman–Crippen MR) is 41.4 cm³/mol. The van der Waals surface area contributed by atoms with E-state index in [0.717, 1.165) is 11.3 Å². The molecule has 3 heteroatoms. The summed E-state index contributed by atoms with van der Waals surface area (Å²) in [6.45, 7) is 1.83. The van der Waals surface area contributed by atoms with E-state index in [2.05, 4.69) is 4.98 Å². The molecule has 0 unspecified atom stereocenters. The van der Waals surface area contributed by atoms with Gasteiger partial charge in [-0.15, -0.1) is 11.6 Å². The van der Waals surface area contributed by atoms with Crippen molar-refractivity contribution in [2.45, 2.75) is 12.8 Å². The summed E-state index contributed by atoms with van der Waals surface area (Å²) in [7, 11) is 0. The number of aryl methyl sites for hydroxylation is 1. The van der Waals surface area contributed by atoms with E-state index >= 15 is 0 Å². The highest BCUT2D eigenvalue weighted by Crippen LogP contribution is 2.00. The van der Waals surface area contributed by atoms with Crippen LogP contribution in [0.15, 0.2) is 16.9 Å². The third-order valence-electron chi connectivity index (χ3n) is 1.19. The molecule has 0 aromatic carbocycles. The molecule has 0 radical (unpaired) electrons. The van der Waals surface area contributed by atoms with Crippen molar-refractivity contribution in [3.63, 3.8) is 0 Å². The smallest absolute Gasteiger partial charge is 0.248 e. The number of aromatic nitrogens is 1. The Morgan fingerprint density at radius 3 is 2.80 bits per heavy atom. The van der Waals surface area contributed by atoms with Crippen LogP contribution in [0.1, 0.15) is 11.3 Å². The fourth-order valence-electron chi connectivity index (χ4n) is 0.832. The minimum Gasteiger partial charge on any atom is -0.326 e. The first-order valence-corrected chi connectivity index (χ1v) is 3.51. The summed E-state index contributed by atoms with van der Waals surface area (Å²) in [4.78, 5) is 13.4. The Labute approximate surface area is 63.8 Å². The number of aromatic amines is 1. The fraction of sp³-hybridized carbons (Fsp3) is 0.286. The second kappa shape index (κ2) is 2.88. The molecule has 2 nitrogen and oxygen atoms in total. The average molecular weight is 158 g/mol. The summed E-state index contributed by atoms with van der Waals surface area (Å²) in [5.74, 6) is 0.394. The summed E-state index contributed by atoms with van der Waals surface area (Å²) in [5.41, 5.74) is 1.63. The van der Waals surface area contributed by atoms with E-state index in [0.29, 0.717) is 5.88 Å². The fourth-order valence-corrected chi connectivity index (χ4v) is 0.986. The molecule has 0 aliphatic rings. The molecule has 0 aliphatic heterocycles. The van der Waals surface area contributed by atoms with E-state index < -0.39 is 0 Å². The number of nitrogens with one attached hydrogen (secondary N) is 1. The van der Waals surface area contributed by atoms with Gasteiger partial charge in [-0.1, -0.05) is 0 Å². The van der Waals surface area contributed by atoms with Crippen LogP contribution in [0.25, 0.3) is 0 Å². The lowest BCUT2D eigenvalue weighted by Crippen LogP contribution is -2.06. The van der Waals surface area contributed by atoms with Crippen LogP contribution in [0.4, 0.5) is 0 Å². The van der Waals surface area contributed by atoms with Gasteiger partial charge in [0, 0.05) is 17.6 Å². The van der Waals surface area contributed by atoms with Crippen LogP contribution >= 0.6 is 11.6 Å².